The molecule has 5 rings (SSSR count). The SMILES string of the molecule is CCOC(=O)c1ccc(-c2c(C)cc(OCCNCC(O)c3ccc4cc3NS(=O)(=O)c3cccc(c3)CO4)cc2C)cc1. The fraction of sp³-hybridized carbons (Fsp3) is 0.265. The molecule has 3 N–H and O–H groups in total. The maximum atomic E-state index is 13.0. The highest BCUT2D eigenvalue weighted by Gasteiger charge is 2.21. The average Bonchev–Trinajstić information content (AvgIpc) is 2.99. The molecule has 0 spiro atoms. The summed E-state index contributed by atoms with van der Waals surface area (Å²) in [7, 11) is -3.85. The van der Waals surface area contributed by atoms with Gasteiger partial charge in [0, 0.05) is 24.7 Å². The third kappa shape index (κ3) is 7.21. The highest BCUT2D eigenvalue weighted by molar-refractivity contribution is 7.92. The fourth-order valence-corrected chi connectivity index (χ4v) is 6.36. The molecular weight excluding hydrogens is 580 g/mol. The van der Waals surface area contributed by atoms with Crippen LogP contribution in [0, 0.1) is 13.8 Å². The molecule has 0 aliphatic carbocycles. The maximum absolute atomic E-state index is 13.0. The minimum absolute atomic E-state index is 0.132. The van der Waals surface area contributed by atoms with E-state index >= 15 is 0 Å². The van der Waals surface area contributed by atoms with Crippen molar-refractivity contribution in [2.75, 3.05) is 31.0 Å². The molecule has 1 aliphatic heterocycles. The van der Waals surface area contributed by atoms with Crippen LogP contribution in [0.15, 0.2) is 83.8 Å². The molecule has 4 bridgehead atoms. The first-order valence-corrected chi connectivity index (χ1v) is 15.9. The van der Waals surface area contributed by atoms with Crippen molar-refractivity contribution in [1.29, 1.82) is 0 Å². The van der Waals surface area contributed by atoms with Crippen molar-refractivity contribution in [3.63, 3.8) is 0 Å². The van der Waals surface area contributed by atoms with Crippen LogP contribution < -0.4 is 19.5 Å². The number of carbonyl (C=O) groups is 1. The number of aliphatic hydroxyl groups excluding tert-OH is 1. The Labute approximate surface area is 257 Å². The lowest BCUT2D eigenvalue weighted by Crippen LogP contribution is -2.27. The van der Waals surface area contributed by atoms with Gasteiger partial charge in [-0.3, -0.25) is 4.72 Å². The summed E-state index contributed by atoms with van der Waals surface area (Å²) in [5, 5.41) is 14.1. The van der Waals surface area contributed by atoms with Crippen LogP contribution in [0.2, 0.25) is 0 Å². The Morgan fingerprint density at radius 3 is 2.50 bits per heavy atom. The second-order valence-corrected chi connectivity index (χ2v) is 12.3. The minimum Gasteiger partial charge on any atom is -0.492 e. The number of anilines is 1. The van der Waals surface area contributed by atoms with Crippen LogP contribution in [0.3, 0.4) is 0 Å². The highest BCUT2D eigenvalue weighted by atomic mass is 32.2. The summed E-state index contributed by atoms with van der Waals surface area (Å²) >= 11 is 0. The van der Waals surface area contributed by atoms with E-state index in [2.05, 4.69) is 10.0 Å². The van der Waals surface area contributed by atoms with Crippen molar-refractivity contribution in [3.05, 3.63) is 107 Å². The topological polar surface area (TPSA) is 123 Å². The molecule has 0 radical (unpaired) electrons. The predicted octanol–water partition coefficient (Wildman–Crippen LogP) is 5.54. The molecule has 0 saturated carbocycles. The van der Waals surface area contributed by atoms with Crippen LogP contribution >= 0.6 is 0 Å². The zero-order chi connectivity index (χ0) is 31.3. The molecule has 0 saturated heterocycles. The highest BCUT2D eigenvalue weighted by Crippen LogP contribution is 2.33. The van der Waals surface area contributed by atoms with Gasteiger partial charge in [0.1, 0.15) is 24.7 Å². The van der Waals surface area contributed by atoms with E-state index in [1.165, 1.54) is 6.07 Å². The summed E-state index contributed by atoms with van der Waals surface area (Å²) in [6, 6.07) is 22.9. The van der Waals surface area contributed by atoms with Crippen molar-refractivity contribution in [3.8, 4) is 22.6 Å². The molecule has 1 atom stereocenters. The number of hydrogen-bond donors (Lipinski definition) is 3. The van der Waals surface area contributed by atoms with Crippen LogP contribution in [0.5, 0.6) is 11.5 Å². The van der Waals surface area contributed by atoms with Crippen molar-refractivity contribution < 1.29 is 32.5 Å². The Kier molecular flexibility index (Phi) is 9.53. The van der Waals surface area contributed by atoms with Gasteiger partial charge in [0.15, 0.2) is 0 Å². The average molecular weight is 617 g/mol. The Hall–Kier alpha value is -4.38. The molecule has 9 nitrogen and oxygen atoms in total. The van der Waals surface area contributed by atoms with Gasteiger partial charge in [0.25, 0.3) is 10.0 Å². The zero-order valence-electron chi connectivity index (χ0n) is 24.9. The lowest BCUT2D eigenvalue weighted by molar-refractivity contribution is 0.0526. The normalized spacial score (nSPS) is 14.1. The van der Waals surface area contributed by atoms with E-state index in [1.807, 2.05) is 44.2 Å². The quantitative estimate of drug-likeness (QED) is 0.157. The summed E-state index contributed by atoms with van der Waals surface area (Å²) < 4.78 is 45.5. The first-order chi connectivity index (χ1) is 21.1. The van der Waals surface area contributed by atoms with Crippen molar-refractivity contribution >= 4 is 21.7 Å². The van der Waals surface area contributed by atoms with Crippen LogP contribution in [-0.4, -0.2) is 45.8 Å². The zero-order valence-corrected chi connectivity index (χ0v) is 25.7. The molecule has 1 heterocycles. The van der Waals surface area contributed by atoms with E-state index < -0.39 is 16.1 Å². The number of sulfonamides is 1. The number of aliphatic hydroxyl groups is 1. The number of fused-ring (bicyclic) bond motifs is 4. The van der Waals surface area contributed by atoms with Crippen LogP contribution in [-0.2, 0) is 21.4 Å². The lowest BCUT2D eigenvalue weighted by Gasteiger charge is -2.20. The summed E-state index contributed by atoms with van der Waals surface area (Å²) in [5.74, 6) is 0.890. The first-order valence-electron chi connectivity index (χ1n) is 14.4. The van der Waals surface area contributed by atoms with Gasteiger partial charge in [0.2, 0.25) is 0 Å². The molecule has 0 aromatic heterocycles. The number of hydrogen-bond acceptors (Lipinski definition) is 8. The molecule has 0 fully saturated rings. The molecular formula is C34H36N2O7S. The second-order valence-electron chi connectivity index (χ2n) is 10.6. The number of rotatable bonds is 10. The standard InChI is InChI=1S/C34H36N2O7S/c1-4-41-34(38)26-10-8-25(9-11-26)33-22(2)16-28(17-23(33)3)42-15-14-35-20-32(37)30-13-12-27-19-31(30)36-44(39,40)29-7-5-6-24(18-29)21-43-27/h5-13,16-19,32,35-37H,4,14-15,20-21H2,1-3H3. The predicted molar refractivity (Wildman–Crippen MR) is 169 cm³/mol. The Bertz CT molecular complexity index is 1730. The number of esters is 1. The van der Waals surface area contributed by atoms with E-state index in [-0.39, 0.29) is 29.7 Å². The van der Waals surface area contributed by atoms with Crippen molar-refractivity contribution in [1.82, 2.24) is 5.32 Å². The van der Waals surface area contributed by atoms with E-state index in [1.54, 1.807) is 49.4 Å². The molecule has 230 valence electrons. The number of carbonyl (C=O) groups excluding carboxylic acids is 1. The summed E-state index contributed by atoms with van der Waals surface area (Å²) in [6.07, 6.45) is -0.977. The number of nitrogens with one attached hydrogen (secondary N) is 2. The van der Waals surface area contributed by atoms with Gasteiger partial charge in [-0.05, 0) is 91.1 Å². The Morgan fingerprint density at radius 2 is 1.77 bits per heavy atom. The third-order valence-electron chi connectivity index (χ3n) is 7.32. The molecule has 4 aromatic carbocycles. The maximum Gasteiger partial charge on any atom is 0.338 e. The van der Waals surface area contributed by atoms with Crippen molar-refractivity contribution in [2.24, 2.45) is 0 Å². The van der Waals surface area contributed by atoms with E-state index in [4.69, 9.17) is 14.2 Å². The molecule has 1 aliphatic rings. The van der Waals surface area contributed by atoms with Crippen LogP contribution in [0.25, 0.3) is 11.1 Å². The molecule has 44 heavy (non-hydrogen) atoms. The monoisotopic (exact) mass is 616 g/mol. The first kappa shape index (κ1) is 31.1. The van der Waals surface area contributed by atoms with Gasteiger partial charge in [-0.25, -0.2) is 13.2 Å². The molecule has 4 aromatic rings. The number of aryl methyl sites for hydroxylation is 2. The molecule has 10 heteroatoms. The summed E-state index contributed by atoms with van der Waals surface area (Å²) in [6.45, 7) is 7.40. The molecule has 1 unspecified atom stereocenters. The number of ether oxygens (including phenoxy) is 3. The van der Waals surface area contributed by atoms with Crippen LogP contribution in [0.1, 0.15) is 45.6 Å². The van der Waals surface area contributed by atoms with E-state index in [0.717, 1.165) is 33.6 Å². The van der Waals surface area contributed by atoms with E-state index in [9.17, 15) is 18.3 Å². The second kappa shape index (κ2) is 13.5. The largest absolute Gasteiger partial charge is 0.492 e. The van der Waals surface area contributed by atoms with Crippen molar-refractivity contribution in [2.45, 2.75) is 38.4 Å². The third-order valence-corrected chi connectivity index (χ3v) is 8.68. The summed E-state index contributed by atoms with van der Waals surface area (Å²) in [5.41, 5.74) is 6.13. The van der Waals surface area contributed by atoms with Crippen LogP contribution in [0.4, 0.5) is 5.69 Å². The lowest BCUT2D eigenvalue weighted by atomic mass is 9.95. The Morgan fingerprint density at radius 1 is 1.02 bits per heavy atom. The van der Waals surface area contributed by atoms with Gasteiger partial charge in [0.05, 0.1) is 28.9 Å². The summed E-state index contributed by atoms with van der Waals surface area (Å²) in [4.78, 5) is 12.1. The number of benzene rings is 4. The fourth-order valence-electron chi connectivity index (χ4n) is 5.22. The van der Waals surface area contributed by atoms with Gasteiger partial charge in [-0.2, -0.15) is 0 Å². The minimum atomic E-state index is -3.85. The van der Waals surface area contributed by atoms with Gasteiger partial charge in [-0.15, -0.1) is 0 Å². The van der Waals surface area contributed by atoms with Gasteiger partial charge in [-0.1, -0.05) is 30.3 Å². The van der Waals surface area contributed by atoms with E-state index in [0.29, 0.717) is 36.6 Å². The van der Waals surface area contributed by atoms with Gasteiger partial charge < -0.3 is 24.6 Å². The van der Waals surface area contributed by atoms with Gasteiger partial charge >= 0.3 is 5.97 Å². The Balaban J connectivity index is 1.17. The smallest absolute Gasteiger partial charge is 0.338 e. The molecule has 0 amide bonds.